The fourth-order valence-corrected chi connectivity index (χ4v) is 3.54. The van der Waals surface area contributed by atoms with Crippen LogP contribution in [0.1, 0.15) is 33.6 Å². The summed E-state index contributed by atoms with van der Waals surface area (Å²) in [4.78, 5) is 0. The highest BCUT2D eigenvalue weighted by Gasteiger charge is 2.56. The molecule has 3 aliphatic rings. The highest BCUT2D eigenvalue weighted by atomic mass is 14.9. The molecule has 0 amide bonds. The Balaban J connectivity index is 2.15. The zero-order valence-corrected chi connectivity index (χ0v) is 8.72. The fraction of sp³-hybridized carbons (Fsp3) is 1.00. The van der Waals surface area contributed by atoms with Crippen LogP contribution in [0.3, 0.4) is 0 Å². The Morgan fingerprint density at radius 2 is 1.92 bits per heavy atom. The van der Waals surface area contributed by atoms with Crippen molar-refractivity contribution in [3.63, 3.8) is 0 Å². The lowest BCUT2D eigenvalue weighted by atomic mass is 9.45. The molecule has 70 valence electrons. The molecular formula is C11H21N. The normalized spacial score (nSPS) is 50.0. The molecule has 0 radical (unpaired) electrons. The zero-order valence-electron chi connectivity index (χ0n) is 8.72. The van der Waals surface area contributed by atoms with Gasteiger partial charge in [0.25, 0.3) is 0 Å². The van der Waals surface area contributed by atoms with Gasteiger partial charge in [-0.1, -0.05) is 20.8 Å². The summed E-state index contributed by atoms with van der Waals surface area (Å²) in [5.74, 6) is 2.85. The highest BCUT2D eigenvalue weighted by molar-refractivity contribution is 5.07. The van der Waals surface area contributed by atoms with Gasteiger partial charge in [0, 0.05) is 6.04 Å². The molecule has 3 saturated carbocycles. The van der Waals surface area contributed by atoms with Gasteiger partial charge in [0.1, 0.15) is 0 Å². The minimum atomic E-state index is 0.625. The van der Waals surface area contributed by atoms with E-state index in [9.17, 15) is 0 Å². The molecule has 0 heterocycles. The second-order valence-electron chi connectivity index (χ2n) is 5.39. The standard InChI is InChI=1S/C11H21N/c1-7-5-8-6-9(10(7)12-4)11(8,2)3/h7-10,12H,5-6H2,1-4H3/t7-,8-,9-,10-/m0/s1. The van der Waals surface area contributed by atoms with E-state index < -0.39 is 0 Å². The molecule has 0 spiro atoms. The van der Waals surface area contributed by atoms with Crippen molar-refractivity contribution in [2.75, 3.05) is 7.05 Å². The van der Waals surface area contributed by atoms with E-state index in [1.165, 1.54) is 12.8 Å². The number of rotatable bonds is 1. The number of hydrogen-bond donors (Lipinski definition) is 1. The van der Waals surface area contributed by atoms with Crippen molar-refractivity contribution in [3.8, 4) is 0 Å². The van der Waals surface area contributed by atoms with Gasteiger partial charge in [-0.2, -0.15) is 0 Å². The number of fused-ring (bicyclic) bond motifs is 2. The molecule has 3 rings (SSSR count). The smallest absolute Gasteiger partial charge is 0.0123 e. The first kappa shape index (κ1) is 8.55. The van der Waals surface area contributed by atoms with E-state index in [1.807, 2.05) is 0 Å². The van der Waals surface area contributed by atoms with Crippen LogP contribution in [-0.2, 0) is 0 Å². The van der Waals surface area contributed by atoms with Crippen molar-refractivity contribution in [1.82, 2.24) is 5.32 Å². The second-order valence-corrected chi connectivity index (χ2v) is 5.39. The lowest BCUT2D eigenvalue weighted by molar-refractivity contribution is -0.108. The SMILES string of the molecule is CN[C@H]1[C@@H](C)C[C@H]2C[C@@H]1C2(C)C. The average Bonchev–Trinajstić information content (AvgIpc) is 2.03. The van der Waals surface area contributed by atoms with Crippen molar-refractivity contribution in [2.24, 2.45) is 23.2 Å². The third kappa shape index (κ3) is 0.891. The van der Waals surface area contributed by atoms with Crippen LogP contribution >= 0.6 is 0 Å². The van der Waals surface area contributed by atoms with Crippen LogP contribution < -0.4 is 5.32 Å². The van der Waals surface area contributed by atoms with Crippen LogP contribution in [0.5, 0.6) is 0 Å². The van der Waals surface area contributed by atoms with Gasteiger partial charge in [0.15, 0.2) is 0 Å². The van der Waals surface area contributed by atoms with E-state index in [1.54, 1.807) is 0 Å². The minimum absolute atomic E-state index is 0.625. The first-order chi connectivity index (χ1) is 5.57. The van der Waals surface area contributed by atoms with Crippen LogP contribution in [0.25, 0.3) is 0 Å². The third-order valence-corrected chi connectivity index (χ3v) is 4.58. The maximum Gasteiger partial charge on any atom is 0.0123 e. The molecule has 2 bridgehead atoms. The van der Waals surface area contributed by atoms with Crippen LogP contribution in [0.4, 0.5) is 0 Å². The highest BCUT2D eigenvalue weighted by Crippen LogP contribution is 2.60. The van der Waals surface area contributed by atoms with Crippen molar-refractivity contribution < 1.29 is 0 Å². The van der Waals surface area contributed by atoms with E-state index in [0.717, 1.165) is 23.8 Å². The maximum atomic E-state index is 3.50. The molecule has 1 heteroatoms. The van der Waals surface area contributed by atoms with Gasteiger partial charge in [-0.25, -0.2) is 0 Å². The predicted octanol–water partition coefficient (Wildman–Crippen LogP) is 2.28. The Morgan fingerprint density at radius 3 is 2.33 bits per heavy atom. The van der Waals surface area contributed by atoms with E-state index in [0.29, 0.717) is 5.41 Å². The Kier molecular flexibility index (Phi) is 1.76. The molecule has 0 aliphatic heterocycles. The molecule has 0 saturated heterocycles. The molecule has 3 aliphatic carbocycles. The van der Waals surface area contributed by atoms with Crippen LogP contribution in [0.2, 0.25) is 0 Å². The van der Waals surface area contributed by atoms with Crippen LogP contribution in [0, 0.1) is 23.2 Å². The molecule has 12 heavy (non-hydrogen) atoms. The lowest BCUT2D eigenvalue weighted by Gasteiger charge is -2.62. The van der Waals surface area contributed by atoms with E-state index in [-0.39, 0.29) is 0 Å². The molecule has 0 unspecified atom stereocenters. The zero-order chi connectivity index (χ0) is 8.93. The van der Waals surface area contributed by atoms with Gasteiger partial charge in [0.05, 0.1) is 0 Å². The predicted molar refractivity (Wildman–Crippen MR) is 52.0 cm³/mol. The minimum Gasteiger partial charge on any atom is -0.316 e. The fourth-order valence-electron chi connectivity index (χ4n) is 3.54. The van der Waals surface area contributed by atoms with Gasteiger partial charge < -0.3 is 5.32 Å². The first-order valence-corrected chi connectivity index (χ1v) is 5.24. The van der Waals surface area contributed by atoms with Gasteiger partial charge in [-0.3, -0.25) is 0 Å². The van der Waals surface area contributed by atoms with E-state index in [2.05, 4.69) is 33.1 Å². The molecule has 0 aromatic rings. The molecule has 1 nitrogen and oxygen atoms in total. The van der Waals surface area contributed by atoms with E-state index >= 15 is 0 Å². The van der Waals surface area contributed by atoms with Crippen LogP contribution in [-0.4, -0.2) is 13.1 Å². The quantitative estimate of drug-likeness (QED) is 0.632. The van der Waals surface area contributed by atoms with Crippen molar-refractivity contribution in [3.05, 3.63) is 0 Å². The number of nitrogens with one attached hydrogen (secondary N) is 1. The molecule has 0 aromatic heterocycles. The van der Waals surface area contributed by atoms with Gasteiger partial charge in [-0.15, -0.1) is 0 Å². The molecule has 1 N–H and O–H groups in total. The van der Waals surface area contributed by atoms with Crippen molar-refractivity contribution in [1.29, 1.82) is 0 Å². The lowest BCUT2D eigenvalue weighted by Crippen LogP contribution is -2.61. The molecular weight excluding hydrogens is 146 g/mol. The summed E-state index contributed by atoms with van der Waals surface area (Å²) in [7, 11) is 2.12. The van der Waals surface area contributed by atoms with Gasteiger partial charge in [0.2, 0.25) is 0 Å². The number of hydrogen-bond acceptors (Lipinski definition) is 1. The van der Waals surface area contributed by atoms with Gasteiger partial charge >= 0.3 is 0 Å². The Hall–Kier alpha value is -0.0400. The molecule has 0 aromatic carbocycles. The van der Waals surface area contributed by atoms with E-state index in [4.69, 9.17) is 0 Å². The Bertz CT molecular complexity index is 185. The monoisotopic (exact) mass is 167 g/mol. The summed E-state index contributed by atoms with van der Waals surface area (Å²) in [6.07, 6.45) is 2.91. The molecule has 4 atom stereocenters. The molecule has 3 fully saturated rings. The Labute approximate surface area is 75.9 Å². The van der Waals surface area contributed by atoms with Crippen molar-refractivity contribution >= 4 is 0 Å². The average molecular weight is 167 g/mol. The summed E-state index contributed by atoms with van der Waals surface area (Å²) >= 11 is 0. The second kappa shape index (κ2) is 2.47. The summed E-state index contributed by atoms with van der Waals surface area (Å²) in [6, 6.07) is 0.782. The van der Waals surface area contributed by atoms with Gasteiger partial charge in [-0.05, 0) is 43.1 Å². The first-order valence-electron chi connectivity index (χ1n) is 5.24. The largest absolute Gasteiger partial charge is 0.316 e. The summed E-state index contributed by atoms with van der Waals surface area (Å²) in [5, 5.41) is 3.50. The Morgan fingerprint density at radius 1 is 1.25 bits per heavy atom. The summed E-state index contributed by atoms with van der Waals surface area (Å²) < 4.78 is 0. The maximum absolute atomic E-state index is 3.50. The van der Waals surface area contributed by atoms with Crippen molar-refractivity contribution in [2.45, 2.75) is 39.7 Å². The van der Waals surface area contributed by atoms with Crippen LogP contribution in [0.15, 0.2) is 0 Å². The summed E-state index contributed by atoms with van der Waals surface area (Å²) in [5.41, 5.74) is 0.625. The summed E-state index contributed by atoms with van der Waals surface area (Å²) in [6.45, 7) is 7.29. The third-order valence-electron chi connectivity index (χ3n) is 4.58. The topological polar surface area (TPSA) is 12.0 Å².